The van der Waals surface area contributed by atoms with Crippen LogP contribution in [0.25, 0.3) is 0 Å². The minimum Gasteiger partial charge on any atom is -0.406 e. The number of nitrogens with one attached hydrogen (secondary N) is 2. The lowest BCUT2D eigenvalue weighted by molar-refractivity contribution is -0.274. The molecule has 1 aromatic carbocycles. The number of ether oxygens (including phenoxy) is 1. The van der Waals surface area contributed by atoms with Gasteiger partial charge in [0.25, 0.3) is 0 Å². The molecule has 0 unspecified atom stereocenters. The molecule has 1 amide bonds. The fraction of sp³-hybridized carbons (Fsp3) is 0.650. The second kappa shape index (κ2) is 7.71. The van der Waals surface area contributed by atoms with E-state index in [1.54, 1.807) is 0 Å². The molecule has 4 fully saturated rings. The van der Waals surface area contributed by atoms with Gasteiger partial charge in [-0.05, 0) is 80.5 Å². The summed E-state index contributed by atoms with van der Waals surface area (Å²) in [6.45, 7) is -0.0820. The average Bonchev–Trinajstić information content (AvgIpc) is 2.59. The van der Waals surface area contributed by atoms with Gasteiger partial charge >= 0.3 is 6.36 Å². The van der Waals surface area contributed by atoms with Crippen molar-refractivity contribution >= 4 is 15.9 Å². The van der Waals surface area contributed by atoms with Gasteiger partial charge in [-0.1, -0.05) is 0 Å². The lowest BCUT2D eigenvalue weighted by Gasteiger charge is -2.56. The van der Waals surface area contributed by atoms with Crippen LogP contribution in [0.2, 0.25) is 0 Å². The highest BCUT2D eigenvalue weighted by Crippen LogP contribution is 2.55. The predicted octanol–water partition coefficient (Wildman–Crippen LogP) is 3.34. The van der Waals surface area contributed by atoms with Gasteiger partial charge in [0, 0.05) is 18.5 Å². The van der Waals surface area contributed by atoms with Crippen LogP contribution in [0.1, 0.15) is 44.9 Å². The molecule has 0 heterocycles. The highest BCUT2D eigenvalue weighted by Gasteiger charge is 2.51. The summed E-state index contributed by atoms with van der Waals surface area (Å²) < 4.78 is 67.3. The Labute approximate surface area is 173 Å². The summed E-state index contributed by atoms with van der Waals surface area (Å²) in [5, 5.41) is 3.18. The summed E-state index contributed by atoms with van der Waals surface area (Å²) >= 11 is 0. The van der Waals surface area contributed by atoms with Crippen LogP contribution in [-0.2, 0) is 14.8 Å². The quantitative estimate of drug-likeness (QED) is 0.673. The van der Waals surface area contributed by atoms with E-state index >= 15 is 0 Å². The first-order valence-corrected chi connectivity index (χ1v) is 11.7. The fourth-order valence-corrected chi connectivity index (χ4v) is 6.86. The zero-order chi connectivity index (χ0) is 21.6. The van der Waals surface area contributed by atoms with Crippen molar-refractivity contribution in [3.63, 3.8) is 0 Å². The summed E-state index contributed by atoms with van der Waals surface area (Å²) in [6.07, 6.45) is 2.01. The first-order chi connectivity index (χ1) is 14.0. The molecule has 2 N–H and O–H groups in total. The lowest BCUT2D eigenvalue weighted by atomic mass is 9.53. The van der Waals surface area contributed by atoms with Gasteiger partial charge in [-0.25, -0.2) is 13.1 Å². The molecule has 0 atom stereocenters. The molecule has 4 aliphatic rings. The molecule has 0 saturated heterocycles. The predicted molar refractivity (Wildman–Crippen MR) is 102 cm³/mol. The summed E-state index contributed by atoms with van der Waals surface area (Å²) in [5.74, 6) is 1.41. The van der Waals surface area contributed by atoms with Crippen LogP contribution in [-0.4, -0.2) is 32.8 Å². The lowest BCUT2D eigenvalue weighted by Crippen LogP contribution is -2.60. The molecule has 4 bridgehead atoms. The average molecular weight is 446 g/mol. The number of halogens is 3. The number of amides is 1. The minimum atomic E-state index is -4.84. The maximum absolute atomic E-state index is 12.5. The molecule has 4 aliphatic carbocycles. The zero-order valence-corrected chi connectivity index (χ0v) is 17.2. The van der Waals surface area contributed by atoms with Crippen molar-refractivity contribution < 1.29 is 31.1 Å². The first-order valence-electron chi connectivity index (χ1n) is 10.2. The summed E-state index contributed by atoms with van der Waals surface area (Å²) in [5.41, 5.74) is -0.126. The molecular formula is C20H25F3N2O4S. The van der Waals surface area contributed by atoms with Crippen LogP contribution in [0.15, 0.2) is 29.2 Å². The Morgan fingerprint density at radius 1 is 1.03 bits per heavy atom. The van der Waals surface area contributed by atoms with Crippen molar-refractivity contribution in [3.8, 4) is 5.75 Å². The molecule has 30 heavy (non-hydrogen) atoms. The minimum absolute atomic E-state index is 0.0102. The van der Waals surface area contributed by atoms with Crippen LogP contribution in [0.5, 0.6) is 5.75 Å². The standard InChI is InChI=1S/C20H25F3N2O4S/c21-20(22,23)29-16-1-3-17(4-2-16)30(27,28)24-6-5-18(26)25-19-10-13-7-14(11-19)9-15(8-13)12-19/h1-4,13-15,24H,5-12H2,(H,25,26). The second-order valence-electron chi connectivity index (χ2n) is 8.91. The van der Waals surface area contributed by atoms with E-state index in [0.717, 1.165) is 43.5 Å². The first kappa shape index (κ1) is 21.4. The Kier molecular flexibility index (Phi) is 5.50. The summed E-state index contributed by atoms with van der Waals surface area (Å²) in [4.78, 5) is 12.3. The number of sulfonamides is 1. The van der Waals surface area contributed by atoms with Crippen molar-refractivity contribution in [3.05, 3.63) is 24.3 Å². The molecule has 166 valence electrons. The SMILES string of the molecule is O=C(CCNS(=O)(=O)c1ccc(OC(F)(F)F)cc1)NC12CC3CC(CC(C3)C1)C2. The molecule has 4 saturated carbocycles. The van der Waals surface area contributed by atoms with Gasteiger partial charge in [-0.3, -0.25) is 4.79 Å². The number of rotatable bonds is 7. The monoisotopic (exact) mass is 446 g/mol. The van der Waals surface area contributed by atoms with Crippen LogP contribution >= 0.6 is 0 Å². The van der Waals surface area contributed by atoms with E-state index in [2.05, 4.69) is 14.8 Å². The Balaban J connectivity index is 1.28. The van der Waals surface area contributed by atoms with Gasteiger partial charge in [-0.2, -0.15) is 0 Å². The van der Waals surface area contributed by atoms with E-state index in [4.69, 9.17) is 0 Å². The fourth-order valence-electron chi connectivity index (χ4n) is 5.82. The Morgan fingerprint density at radius 3 is 2.07 bits per heavy atom. The third-order valence-electron chi connectivity index (χ3n) is 6.45. The van der Waals surface area contributed by atoms with Gasteiger partial charge in [-0.15, -0.1) is 13.2 Å². The van der Waals surface area contributed by atoms with E-state index in [-0.39, 0.29) is 29.3 Å². The number of alkyl halides is 3. The molecule has 0 radical (unpaired) electrons. The van der Waals surface area contributed by atoms with Crippen LogP contribution in [0, 0.1) is 17.8 Å². The summed E-state index contributed by atoms with van der Waals surface area (Å²) in [6, 6.07) is 3.92. The molecule has 10 heteroatoms. The van der Waals surface area contributed by atoms with E-state index in [1.807, 2.05) is 0 Å². The topological polar surface area (TPSA) is 84.5 Å². The van der Waals surface area contributed by atoms with E-state index < -0.39 is 22.1 Å². The van der Waals surface area contributed by atoms with Gasteiger partial charge in [0.1, 0.15) is 5.75 Å². The third kappa shape index (κ3) is 4.91. The van der Waals surface area contributed by atoms with Crippen molar-refractivity contribution in [2.24, 2.45) is 17.8 Å². The Hall–Kier alpha value is -1.81. The number of hydrogen-bond acceptors (Lipinski definition) is 4. The third-order valence-corrected chi connectivity index (χ3v) is 7.93. The van der Waals surface area contributed by atoms with Crippen LogP contribution in [0.4, 0.5) is 13.2 Å². The van der Waals surface area contributed by atoms with Crippen molar-refractivity contribution in [1.29, 1.82) is 0 Å². The van der Waals surface area contributed by atoms with Gasteiger partial charge in [0.15, 0.2) is 0 Å². The van der Waals surface area contributed by atoms with E-state index in [0.29, 0.717) is 17.8 Å². The molecule has 6 nitrogen and oxygen atoms in total. The van der Waals surface area contributed by atoms with Crippen molar-refractivity contribution in [2.75, 3.05) is 6.54 Å². The number of carbonyl (C=O) groups excluding carboxylic acids is 1. The number of benzene rings is 1. The maximum Gasteiger partial charge on any atom is 0.573 e. The number of hydrogen-bond donors (Lipinski definition) is 2. The van der Waals surface area contributed by atoms with Crippen LogP contribution in [0.3, 0.4) is 0 Å². The number of carbonyl (C=O) groups is 1. The maximum atomic E-state index is 12.5. The zero-order valence-electron chi connectivity index (χ0n) is 16.4. The highest BCUT2D eigenvalue weighted by atomic mass is 32.2. The molecule has 1 aromatic rings. The molecule has 0 aromatic heterocycles. The molecular weight excluding hydrogens is 421 g/mol. The molecule has 0 spiro atoms. The van der Waals surface area contributed by atoms with Crippen molar-refractivity contribution in [1.82, 2.24) is 10.0 Å². The smallest absolute Gasteiger partial charge is 0.406 e. The van der Waals surface area contributed by atoms with Gasteiger partial charge in [0.2, 0.25) is 15.9 Å². The molecule has 5 rings (SSSR count). The van der Waals surface area contributed by atoms with E-state index in [1.165, 1.54) is 19.3 Å². The molecule has 0 aliphatic heterocycles. The summed E-state index contributed by atoms with van der Waals surface area (Å²) in [7, 11) is -3.94. The van der Waals surface area contributed by atoms with Crippen molar-refractivity contribution in [2.45, 2.75) is 61.7 Å². The van der Waals surface area contributed by atoms with Crippen LogP contribution < -0.4 is 14.8 Å². The Morgan fingerprint density at radius 2 is 1.57 bits per heavy atom. The van der Waals surface area contributed by atoms with Gasteiger partial charge in [0.05, 0.1) is 4.90 Å². The highest BCUT2D eigenvalue weighted by molar-refractivity contribution is 7.89. The van der Waals surface area contributed by atoms with Gasteiger partial charge < -0.3 is 10.1 Å². The largest absolute Gasteiger partial charge is 0.573 e. The second-order valence-corrected chi connectivity index (χ2v) is 10.7. The Bertz CT molecular complexity index is 864. The normalized spacial score (nSPS) is 30.3. The van der Waals surface area contributed by atoms with E-state index in [9.17, 15) is 26.4 Å².